The van der Waals surface area contributed by atoms with Crippen LogP contribution in [0, 0.1) is 63.9 Å². The lowest BCUT2D eigenvalue weighted by atomic mass is 9.44. The average molecular weight is 885 g/mol. The van der Waals surface area contributed by atoms with E-state index in [4.69, 9.17) is 0 Å². The van der Waals surface area contributed by atoms with Gasteiger partial charge in [-0.05, 0) is 191 Å². The molecule has 8 aliphatic carbocycles. The molecule has 2 aromatic heterocycles. The minimum atomic E-state index is -0.637. The topological polar surface area (TPSA) is 111 Å². The molecule has 2 aromatic carbocycles. The van der Waals surface area contributed by atoms with Gasteiger partial charge in [0.1, 0.15) is 11.6 Å². The first-order chi connectivity index (χ1) is 31.1. The van der Waals surface area contributed by atoms with Crippen LogP contribution in [0.1, 0.15) is 117 Å². The van der Waals surface area contributed by atoms with Crippen LogP contribution in [0.15, 0.2) is 60.9 Å². The van der Waals surface area contributed by atoms with E-state index in [1.807, 2.05) is 18.3 Å². The number of aromatic nitrogens is 2. The normalized spacial score (nSPS) is 37.8. The monoisotopic (exact) mass is 885 g/mol. The number of anilines is 2. The van der Waals surface area contributed by atoms with Gasteiger partial charge < -0.3 is 25.5 Å². The molecule has 6 atom stereocenters. The van der Waals surface area contributed by atoms with E-state index in [1.54, 1.807) is 30.5 Å². The number of benzene rings is 2. The van der Waals surface area contributed by atoms with Crippen molar-refractivity contribution in [2.45, 2.75) is 133 Å². The van der Waals surface area contributed by atoms with Gasteiger partial charge >= 0.3 is 0 Å². The summed E-state index contributed by atoms with van der Waals surface area (Å²) in [5.74, 6) is 2.94. The Balaban J connectivity index is 0.771. The van der Waals surface area contributed by atoms with Crippen molar-refractivity contribution in [3.63, 3.8) is 0 Å². The number of carbonyl (C=O) groups is 2. The van der Waals surface area contributed by atoms with Gasteiger partial charge in [0.2, 0.25) is 11.8 Å². The number of amides is 2. The average Bonchev–Trinajstić information content (AvgIpc) is 3.22. The summed E-state index contributed by atoms with van der Waals surface area (Å²) in [6, 6.07) is 13.7. The number of pyridine rings is 2. The summed E-state index contributed by atoms with van der Waals surface area (Å²) < 4.78 is 29.1. The van der Waals surface area contributed by atoms with E-state index in [0.717, 1.165) is 124 Å². The number of nitrogens with zero attached hydrogens (tertiary/aromatic N) is 4. The molecule has 14 rings (SSSR count). The first-order valence-electron chi connectivity index (χ1n) is 25.1. The third-order valence-corrected chi connectivity index (χ3v) is 19.1. The van der Waals surface area contributed by atoms with Gasteiger partial charge in [-0.2, -0.15) is 0 Å². The highest BCUT2D eigenvalue weighted by Gasteiger charge is 2.61. The second kappa shape index (κ2) is 15.1. The van der Waals surface area contributed by atoms with Gasteiger partial charge in [-0.3, -0.25) is 19.6 Å². The minimum Gasteiger partial charge on any atom is -0.390 e. The van der Waals surface area contributed by atoms with Gasteiger partial charge in [0.15, 0.2) is 0 Å². The zero-order chi connectivity index (χ0) is 44.5. The number of nitrogens with one attached hydrogen (secondary N) is 2. The van der Waals surface area contributed by atoms with Gasteiger partial charge in [0.25, 0.3) is 0 Å². The number of hydrogen-bond donors (Lipinski definition) is 3. The Morgan fingerprint density at radius 3 is 1.85 bits per heavy atom. The lowest BCUT2D eigenvalue weighted by Crippen LogP contribution is -2.66. The van der Waals surface area contributed by atoms with E-state index in [1.165, 1.54) is 31.4 Å². The largest absolute Gasteiger partial charge is 0.390 e. The fraction of sp³-hybridized carbons (Fsp3) is 0.630. The Labute approximate surface area is 381 Å². The second-order valence-corrected chi connectivity index (χ2v) is 24.0. The lowest BCUT2D eigenvalue weighted by molar-refractivity contribution is -0.154. The summed E-state index contributed by atoms with van der Waals surface area (Å²) in [6.45, 7) is 7.85. The van der Waals surface area contributed by atoms with E-state index in [9.17, 15) is 23.5 Å². The van der Waals surface area contributed by atoms with Gasteiger partial charge in [-0.1, -0.05) is 13.8 Å². The molecule has 0 spiro atoms. The maximum atomic E-state index is 14.8. The molecule has 2 saturated heterocycles. The Morgan fingerprint density at radius 1 is 0.677 bits per heavy atom. The van der Waals surface area contributed by atoms with Crippen LogP contribution in [0.5, 0.6) is 0 Å². The Bertz CT molecular complexity index is 2530. The van der Waals surface area contributed by atoms with E-state index in [2.05, 4.69) is 44.2 Å². The summed E-state index contributed by atoms with van der Waals surface area (Å²) in [5, 5.41) is 20.6. The van der Waals surface area contributed by atoms with Crippen molar-refractivity contribution in [2.24, 2.45) is 52.3 Å². The van der Waals surface area contributed by atoms with Crippen LogP contribution in [0.3, 0.4) is 0 Å². The highest BCUT2D eigenvalue weighted by atomic mass is 19.1. The molecule has 10 aliphatic rings. The van der Waals surface area contributed by atoms with E-state index in [-0.39, 0.29) is 51.3 Å². The number of hydrogen-bond acceptors (Lipinski definition) is 7. The van der Waals surface area contributed by atoms with Crippen molar-refractivity contribution >= 4 is 45.0 Å². The summed E-state index contributed by atoms with van der Waals surface area (Å²) in [4.78, 5) is 42.8. The number of aliphatic hydroxyl groups is 1. The van der Waals surface area contributed by atoms with Gasteiger partial charge in [-0.25, -0.2) is 8.78 Å². The summed E-state index contributed by atoms with van der Waals surface area (Å²) in [6.07, 6.45) is 18.2. The van der Waals surface area contributed by atoms with E-state index in [0.29, 0.717) is 54.8 Å². The molecule has 3 N–H and O–H groups in total. The zero-order valence-electron chi connectivity index (χ0n) is 38.3. The Kier molecular flexibility index (Phi) is 9.74. The maximum Gasteiger partial charge on any atom is 0.220 e. The van der Waals surface area contributed by atoms with Crippen molar-refractivity contribution in [3.05, 3.63) is 72.6 Å². The molecule has 9 nitrogen and oxygen atoms in total. The van der Waals surface area contributed by atoms with Crippen molar-refractivity contribution in [1.29, 1.82) is 0 Å². The third-order valence-electron chi connectivity index (χ3n) is 19.1. The van der Waals surface area contributed by atoms with Gasteiger partial charge in [0.05, 0.1) is 16.6 Å². The first-order valence-corrected chi connectivity index (χ1v) is 25.1. The predicted octanol–water partition coefficient (Wildman–Crippen LogP) is 9.49. The highest BCUT2D eigenvalue weighted by molar-refractivity contribution is 5.92. The minimum absolute atomic E-state index is 0.124. The van der Waals surface area contributed by atoms with Crippen molar-refractivity contribution in [1.82, 2.24) is 20.6 Å². The molecule has 10 fully saturated rings. The van der Waals surface area contributed by atoms with Crippen molar-refractivity contribution < 1.29 is 23.5 Å². The van der Waals surface area contributed by atoms with Crippen molar-refractivity contribution in [3.8, 4) is 0 Å². The number of carbonyl (C=O) groups excluding carboxylic acids is 2. The SMILES string of the molecule is CC1(CC(=O)NC23CC4CC(C2)C(C2CN(c5ccnc6ccc(F)cc56)CCC2(C)CC(=O)NC25CC6CC(CC(O)(C6)C2)C5)C(C4)C3)CCN(c2ccnc3ccc(F)cc23)CC1. The van der Waals surface area contributed by atoms with E-state index >= 15 is 0 Å². The summed E-state index contributed by atoms with van der Waals surface area (Å²) >= 11 is 0. The van der Waals surface area contributed by atoms with Gasteiger partial charge in [-0.15, -0.1) is 0 Å². The Hall–Kier alpha value is -4.38. The molecule has 8 bridgehead atoms. The highest BCUT2D eigenvalue weighted by Crippen LogP contribution is 2.64. The van der Waals surface area contributed by atoms with Crippen LogP contribution in [0.2, 0.25) is 0 Å². The lowest BCUT2D eigenvalue weighted by Gasteiger charge is -2.64. The quantitative estimate of drug-likeness (QED) is 0.154. The number of fused-ring (bicyclic) bond motifs is 2. The molecule has 2 aliphatic heterocycles. The van der Waals surface area contributed by atoms with Crippen LogP contribution >= 0.6 is 0 Å². The van der Waals surface area contributed by atoms with Crippen LogP contribution in [0.4, 0.5) is 20.2 Å². The molecule has 6 unspecified atom stereocenters. The van der Waals surface area contributed by atoms with Crippen LogP contribution in [-0.4, -0.2) is 69.7 Å². The molecular weight excluding hydrogens is 819 g/mol. The second-order valence-electron chi connectivity index (χ2n) is 24.0. The molecule has 65 heavy (non-hydrogen) atoms. The number of piperidine rings is 2. The zero-order valence-corrected chi connectivity index (χ0v) is 38.3. The summed E-state index contributed by atoms with van der Waals surface area (Å²) in [7, 11) is 0. The molecule has 2 amide bonds. The standard InChI is InChI=1S/C54H66F2N6O3/c1-50(9-14-61(15-10-50)45-7-12-57-43-5-3-38(55)20-40(43)45)29-47(63)59-52-22-33-18-36(27-52)49(37(19-33)28-52)42-31-62(46-8-13-58-44-6-4-39(56)21-41(44)46)16-11-51(42,2)30-48(64)60-53-23-34-17-35(24-53)26-54(65,25-34)32-53/h3-8,12-13,20-21,33-37,42,49,65H,9-11,14-19,22-32H2,1-2H3,(H,59,63)(H,60,64). The third kappa shape index (κ3) is 7.48. The van der Waals surface area contributed by atoms with E-state index < -0.39 is 5.60 Å². The maximum absolute atomic E-state index is 14.8. The molecule has 0 radical (unpaired) electrons. The molecule has 4 aromatic rings. The molecule has 8 saturated carbocycles. The fourth-order valence-electron chi connectivity index (χ4n) is 17.0. The first kappa shape index (κ1) is 42.0. The van der Waals surface area contributed by atoms with Crippen LogP contribution < -0.4 is 20.4 Å². The van der Waals surface area contributed by atoms with Crippen LogP contribution in [-0.2, 0) is 9.59 Å². The number of halogens is 2. The fourth-order valence-corrected chi connectivity index (χ4v) is 17.0. The molecule has 4 heterocycles. The molecular formula is C54H66F2N6O3. The molecule has 11 heteroatoms. The van der Waals surface area contributed by atoms with Crippen molar-refractivity contribution in [2.75, 3.05) is 36.0 Å². The Morgan fingerprint density at radius 2 is 1.23 bits per heavy atom. The van der Waals surface area contributed by atoms with Gasteiger partial charge in [0, 0.05) is 84.6 Å². The summed E-state index contributed by atoms with van der Waals surface area (Å²) in [5.41, 5.74) is 2.11. The number of rotatable bonds is 9. The molecule has 344 valence electrons. The predicted molar refractivity (Wildman–Crippen MR) is 249 cm³/mol. The smallest absolute Gasteiger partial charge is 0.220 e. The van der Waals surface area contributed by atoms with Crippen LogP contribution in [0.25, 0.3) is 21.8 Å².